The van der Waals surface area contributed by atoms with Crippen LogP contribution >= 0.6 is 139 Å². The van der Waals surface area contributed by atoms with E-state index in [-0.39, 0.29) is 77.5 Å². The summed E-state index contributed by atoms with van der Waals surface area (Å²) in [7, 11) is 0. The van der Waals surface area contributed by atoms with Crippen LogP contribution in [0.15, 0.2) is 121 Å². The summed E-state index contributed by atoms with van der Waals surface area (Å²) in [6.45, 7) is 1.97. The van der Waals surface area contributed by atoms with E-state index in [1.165, 1.54) is 36.4 Å². The molecule has 0 fully saturated rings. The number of hydrogen-bond acceptors (Lipinski definition) is 5. The minimum absolute atomic E-state index is 0.0258. The summed E-state index contributed by atoms with van der Waals surface area (Å²) in [6.07, 6.45) is 0. The van der Waals surface area contributed by atoms with Gasteiger partial charge in [-0.2, -0.15) is 0 Å². The molecule has 19 heteroatoms. The summed E-state index contributed by atoms with van der Waals surface area (Å²) in [4.78, 5) is 17.7. The van der Waals surface area contributed by atoms with Crippen LogP contribution in [0.3, 0.4) is 0 Å². The van der Waals surface area contributed by atoms with Crippen molar-refractivity contribution in [3.63, 3.8) is 0 Å². The normalized spacial score (nSPS) is 12.0. The molecule has 2 aliphatic heterocycles. The molecular formula is C61H28Cl12N4O3. The van der Waals surface area contributed by atoms with E-state index in [4.69, 9.17) is 149 Å². The predicted octanol–water partition coefficient (Wildman–Crippen LogP) is 23.2. The largest absolute Gasteiger partial charge is 0.508 e. The van der Waals surface area contributed by atoms with E-state index in [2.05, 4.69) is 9.97 Å². The Labute approximate surface area is 514 Å². The van der Waals surface area contributed by atoms with Crippen molar-refractivity contribution in [2.24, 2.45) is 0 Å². The molecule has 0 radical (unpaired) electrons. The fraction of sp³-hybridized carbons (Fsp3) is 0.0164. The average Bonchev–Trinajstić information content (AvgIpc) is 4.26. The Hall–Kier alpha value is -5.72. The van der Waals surface area contributed by atoms with Crippen molar-refractivity contribution < 1.29 is 15.3 Å². The minimum atomic E-state index is 0.0258. The second-order valence-corrected chi connectivity index (χ2v) is 23.6. The van der Waals surface area contributed by atoms with E-state index < -0.39 is 0 Å². The Balaban J connectivity index is 1.26. The molecule has 0 saturated heterocycles. The fourth-order valence-electron chi connectivity index (χ4n) is 10.7. The zero-order valence-electron chi connectivity index (χ0n) is 40.3. The highest BCUT2D eigenvalue weighted by atomic mass is 35.5. The quantitative estimate of drug-likeness (QED) is 0.113. The highest BCUT2D eigenvalue weighted by Gasteiger charge is 2.33. The molecule has 2 aliphatic rings. The van der Waals surface area contributed by atoms with Crippen molar-refractivity contribution in [1.82, 2.24) is 19.9 Å². The van der Waals surface area contributed by atoms with Crippen LogP contribution in [0.4, 0.5) is 0 Å². The number of H-pyrrole nitrogens is 2. The van der Waals surface area contributed by atoms with Gasteiger partial charge >= 0.3 is 0 Å². The zero-order chi connectivity index (χ0) is 56.1. The summed E-state index contributed by atoms with van der Waals surface area (Å²) in [6, 6.07) is 33.9. The van der Waals surface area contributed by atoms with E-state index in [1.54, 1.807) is 60.7 Å². The second-order valence-electron chi connectivity index (χ2n) is 19.0. The molecule has 5 heterocycles. The molecule has 8 aromatic carbocycles. The first-order valence-electron chi connectivity index (χ1n) is 23.9. The molecule has 0 aliphatic carbocycles. The van der Waals surface area contributed by atoms with Gasteiger partial charge in [-0.25, -0.2) is 9.97 Å². The molecule has 394 valence electrons. The molecule has 0 atom stereocenters. The lowest BCUT2D eigenvalue weighted by Gasteiger charge is -2.15. The van der Waals surface area contributed by atoms with Crippen molar-refractivity contribution in [3.05, 3.63) is 187 Å². The summed E-state index contributed by atoms with van der Waals surface area (Å²) >= 11 is 89.6. The zero-order valence-corrected chi connectivity index (χ0v) is 49.4. The maximum absolute atomic E-state index is 10.3. The van der Waals surface area contributed by atoms with E-state index in [1.807, 2.05) is 31.2 Å². The summed E-state index contributed by atoms with van der Waals surface area (Å²) in [5.41, 5.74) is 9.32. The molecular weight excluding hydrogens is 1260 g/mol. The van der Waals surface area contributed by atoms with Crippen LogP contribution in [0, 0.1) is 6.92 Å². The topological polar surface area (TPSA) is 118 Å². The lowest BCUT2D eigenvalue weighted by atomic mass is 9.96. The molecule has 0 saturated carbocycles. The molecule has 80 heavy (non-hydrogen) atoms. The molecule has 3 aromatic heterocycles. The van der Waals surface area contributed by atoms with Gasteiger partial charge in [-0.1, -0.05) is 205 Å². The molecule has 13 rings (SSSR count). The van der Waals surface area contributed by atoms with Gasteiger partial charge in [0.1, 0.15) is 17.2 Å². The van der Waals surface area contributed by atoms with E-state index in [0.29, 0.717) is 133 Å². The smallest absolute Gasteiger partial charge is 0.115 e. The standard InChI is InChI=1S/C61H28Cl12N4O3/c1-22-2-4-23(5-3-22)38-50(62)42-30-18-35-47-44(52(64)40(55(67)59(47)71)25-8-14-28(79)15-9-25)32(75-35)20-37-49-45(53(65)41(57(69)61(49)73)26-10-16-29(80)17-11-26)33(77-37)21-36-48-43(31(76-36)19-34(74-30)46(42)58(70)54(38)66)51(63)39(56(68)60(48)72)24-6-12-27(78)13-7-24/h2-21,74,77-80H,1H3. The maximum atomic E-state index is 10.3. The molecule has 7 nitrogen and oxygen atoms in total. The predicted molar refractivity (Wildman–Crippen MR) is 336 cm³/mol. The number of fused-ring (bicyclic) bond motifs is 20. The Bertz CT molecular complexity index is 4450. The number of nitrogens with one attached hydrogen (secondary N) is 2. The number of halogens is 12. The van der Waals surface area contributed by atoms with Crippen LogP contribution in [0.5, 0.6) is 17.2 Å². The molecule has 8 bridgehead atoms. The van der Waals surface area contributed by atoms with Crippen LogP contribution in [0.2, 0.25) is 60.3 Å². The van der Waals surface area contributed by atoms with Crippen molar-refractivity contribution in [3.8, 4) is 107 Å². The van der Waals surface area contributed by atoms with Crippen LogP contribution < -0.4 is 0 Å². The number of aromatic hydroxyl groups is 3. The number of phenolic OH excluding ortho intramolecular Hbond substituents is 3. The van der Waals surface area contributed by atoms with Crippen LogP contribution in [0.1, 0.15) is 5.56 Å². The number of aryl methyl sites for hydroxylation is 1. The number of aromatic nitrogens is 4. The van der Waals surface area contributed by atoms with Crippen molar-refractivity contribution in [2.45, 2.75) is 6.92 Å². The molecule has 11 aromatic rings. The second kappa shape index (κ2) is 20.0. The number of rotatable bonds is 4. The number of benzene rings is 8. The van der Waals surface area contributed by atoms with Gasteiger partial charge < -0.3 is 25.3 Å². The highest BCUT2D eigenvalue weighted by Crippen LogP contribution is 2.58. The first-order chi connectivity index (χ1) is 38.3. The van der Waals surface area contributed by atoms with Gasteiger partial charge in [0, 0.05) is 66.1 Å². The third kappa shape index (κ3) is 8.31. The van der Waals surface area contributed by atoms with E-state index in [9.17, 15) is 15.3 Å². The van der Waals surface area contributed by atoms with Crippen LogP contribution in [0.25, 0.3) is 133 Å². The van der Waals surface area contributed by atoms with E-state index in [0.717, 1.165) is 5.56 Å². The van der Waals surface area contributed by atoms with Gasteiger partial charge in [-0.15, -0.1) is 0 Å². The van der Waals surface area contributed by atoms with Gasteiger partial charge in [0.15, 0.2) is 0 Å². The number of aromatic amines is 2. The van der Waals surface area contributed by atoms with E-state index >= 15 is 0 Å². The Morgan fingerprint density at radius 1 is 0.275 bits per heavy atom. The minimum Gasteiger partial charge on any atom is -0.508 e. The number of nitrogens with zero attached hydrogens (tertiary/aromatic N) is 2. The van der Waals surface area contributed by atoms with Gasteiger partial charge in [0.05, 0.1) is 105 Å². The third-order valence-corrected chi connectivity index (χ3v) is 19.3. The average molecular weight is 1290 g/mol. The fourth-order valence-corrected chi connectivity index (χ4v) is 14.8. The highest BCUT2D eigenvalue weighted by molar-refractivity contribution is 6.55. The SMILES string of the molecule is Cc1ccc(-c2c(Cl)c(Cl)c3c4cc5nc(cc6[nH]c(cc7nc(cc([nH]4)c3c2Cl)-c2c(Cl)c(Cl)c(-c3ccc(O)cc3)c(Cl)c2-7)c2c(Cl)c(Cl)c(-c3ccc(O)cc3)c(Cl)c62)-c2c(Cl)c(Cl)c(-c3ccc(O)cc3)c(Cl)c2-5)cc1. The molecule has 0 unspecified atom stereocenters. The monoisotopic (exact) mass is 1280 g/mol. The van der Waals surface area contributed by atoms with Gasteiger partial charge in [-0.05, 0) is 89.8 Å². The van der Waals surface area contributed by atoms with Crippen molar-refractivity contribution in [2.75, 3.05) is 0 Å². The lowest BCUT2D eigenvalue weighted by Crippen LogP contribution is -1.90. The first-order valence-corrected chi connectivity index (χ1v) is 28.5. The first kappa shape index (κ1) is 53.6. The lowest BCUT2D eigenvalue weighted by molar-refractivity contribution is 0.475. The Morgan fingerprint density at radius 3 is 0.800 bits per heavy atom. The Morgan fingerprint density at radius 2 is 0.500 bits per heavy atom. The summed E-state index contributed by atoms with van der Waals surface area (Å²) in [5.74, 6) is 0.0827. The van der Waals surface area contributed by atoms with Gasteiger partial charge in [0.25, 0.3) is 0 Å². The number of phenols is 3. The Kier molecular flexibility index (Phi) is 13.4. The van der Waals surface area contributed by atoms with Gasteiger partial charge in [-0.3, -0.25) is 0 Å². The summed E-state index contributed by atoms with van der Waals surface area (Å²) < 4.78 is 0. The van der Waals surface area contributed by atoms with Crippen molar-refractivity contribution >= 4 is 183 Å². The molecule has 0 amide bonds. The van der Waals surface area contributed by atoms with Gasteiger partial charge in [0.2, 0.25) is 0 Å². The van der Waals surface area contributed by atoms with Crippen molar-refractivity contribution in [1.29, 1.82) is 0 Å². The molecule has 0 spiro atoms. The number of hydrogen-bond donors (Lipinski definition) is 5. The maximum Gasteiger partial charge on any atom is 0.115 e. The van der Waals surface area contributed by atoms with Crippen LogP contribution in [-0.4, -0.2) is 35.3 Å². The summed E-state index contributed by atoms with van der Waals surface area (Å²) in [5, 5.41) is 34.4. The third-order valence-electron chi connectivity index (χ3n) is 14.3. The van der Waals surface area contributed by atoms with Crippen LogP contribution in [-0.2, 0) is 0 Å². The molecule has 5 N–H and O–H groups in total.